The lowest BCUT2D eigenvalue weighted by atomic mass is 10.1. The Kier molecular flexibility index (Phi) is 6.96. The number of aryl methyl sites for hydroxylation is 1. The molecule has 1 fully saturated rings. The molecule has 2 aromatic carbocycles. The molecule has 1 aliphatic heterocycles. The number of hydrogen-bond donors (Lipinski definition) is 0. The van der Waals surface area contributed by atoms with Crippen LogP contribution in [0.25, 0.3) is 11.3 Å². The number of carbonyl (C=O) groups is 1. The Labute approximate surface area is 204 Å². The van der Waals surface area contributed by atoms with Gasteiger partial charge in [0, 0.05) is 18.7 Å². The van der Waals surface area contributed by atoms with Crippen molar-refractivity contribution in [2.75, 3.05) is 13.1 Å². The molecule has 0 spiro atoms. The summed E-state index contributed by atoms with van der Waals surface area (Å²) in [6, 6.07) is 10.1. The summed E-state index contributed by atoms with van der Waals surface area (Å²) in [6.45, 7) is 3.07. The maximum Gasteiger partial charge on any atom is 0.371 e. The largest absolute Gasteiger partial charge is 0.371 e. The van der Waals surface area contributed by atoms with Crippen molar-refractivity contribution < 1.29 is 14.2 Å². The van der Waals surface area contributed by atoms with Crippen LogP contribution in [0.3, 0.4) is 0 Å². The van der Waals surface area contributed by atoms with Crippen LogP contribution >= 0.6 is 46.4 Å². The van der Waals surface area contributed by atoms with E-state index in [0.29, 0.717) is 37.1 Å². The summed E-state index contributed by atoms with van der Waals surface area (Å²) >= 11 is 25.4. The Morgan fingerprint density at radius 1 is 0.969 bits per heavy atom. The number of oxime groups is 1. The molecular formula is C22H17Cl4N3O3. The summed E-state index contributed by atoms with van der Waals surface area (Å²) < 4.78 is 5.24. The molecule has 0 bridgehead atoms. The number of carbonyl (C=O) groups excluding carboxylic acids is 1. The molecule has 32 heavy (non-hydrogen) atoms. The van der Waals surface area contributed by atoms with Crippen LogP contribution in [0.5, 0.6) is 0 Å². The summed E-state index contributed by atoms with van der Waals surface area (Å²) in [6.07, 6.45) is 1.96. The molecule has 1 aromatic heterocycles. The number of benzene rings is 2. The minimum Gasteiger partial charge on any atom is -0.360 e. The molecule has 166 valence electrons. The number of amidine groups is 1. The van der Waals surface area contributed by atoms with Crippen molar-refractivity contribution in [1.29, 1.82) is 0 Å². The lowest BCUT2D eigenvalue weighted by Crippen LogP contribution is -2.30. The zero-order valence-electron chi connectivity index (χ0n) is 16.9. The second kappa shape index (κ2) is 9.71. The van der Waals surface area contributed by atoms with Gasteiger partial charge in [-0.3, -0.25) is 0 Å². The van der Waals surface area contributed by atoms with Crippen molar-refractivity contribution in [3.63, 3.8) is 0 Å². The van der Waals surface area contributed by atoms with E-state index in [9.17, 15) is 4.79 Å². The van der Waals surface area contributed by atoms with E-state index in [4.69, 9.17) is 55.8 Å². The standard InChI is InChI=1S/C22H17Cl4N3O3/c1-12-17(20(27-31-12)18-13(23)6-4-7-14(18)24)22(30)32-28-21(29-10-2-3-11-29)19-15(25)8-5-9-16(19)26/h4-9H,2-3,10-11H2,1H3. The van der Waals surface area contributed by atoms with Gasteiger partial charge < -0.3 is 14.3 Å². The fourth-order valence-electron chi connectivity index (χ4n) is 3.54. The Balaban J connectivity index is 1.73. The summed E-state index contributed by atoms with van der Waals surface area (Å²) in [5, 5.41) is 9.60. The van der Waals surface area contributed by atoms with E-state index in [0.717, 1.165) is 25.9 Å². The van der Waals surface area contributed by atoms with E-state index in [1.54, 1.807) is 43.3 Å². The fourth-order valence-corrected chi connectivity index (χ4v) is 4.68. The van der Waals surface area contributed by atoms with E-state index >= 15 is 0 Å². The molecule has 0 saturated carbocycles. The summed E-state index contributed by atoms with van der Waals surface area (Å²) in [5.41, 5.74) is 1.13. The van der Waals surface area contributed by atoms with E-state index in [-0.39, 0.29) is 17.0 Å². The van der Waals surface area contributed by atoms with Gasteiger partial charge in [0.1, 0.15) is 17.0 Å². The Bertz CT molecular complexity index is 1160. The second-order valence-corrected chi connectivity index (χ2v) is 8.77. The third-order valence-electron chi connectivity index (χ3n) is 5.07. The first-order valence-electron chi connectivity index (χ1n) is 9.77. The number of rotatable bonds is 4. The predicted octanol–water partition coefficient (Wildman–Crippen LogP) is 6.88. The molecular weight excluding hydrogens is 496 g/mol. The summed E-state index contributed by atoms with van der Waals surface area (Å²) in [7, 11) is 0. The first-order valence-corrected chi connectivity index (χ1v) is 11.3. The highest BCUT2D eigenvalue weighted by molar-refractivity contribution is 6.40. The van der Waals surface area contributed by atoms with Crippen LogP contribution in [0.1, 0.15) is 34.5 Å². The van der Waals surface area contributed by atoms with Gasteiger partial charge in [-0.1, -0.05) is 68.8 Å². The van der Waals surface area contributed by atoms with Crippen molar-refractivity contribution in [3.05, 3.63) is 73.4 Å². The first-order chi connectivity index (χ1) is 15.4. The fraction of sp³-hybridized carbons (Fsp3) is 0.227. The molecule has 4 rings (SSSR count). The number of aromatic nitrogens is 1. The van der Waals surface area contributed by atoms with Gasteiger partial charge in [-0.25, -0.2) is 4.79 Å². The van der Waals surface area contributed by atoms with Crippen LogP contribution in [0.4, 0.5) is 0 Å². The van der Waals surface area contributed by atoms with Crippen LogP contribution in [0.2, 0.25) is 20.1 Å². The van der Waals surface area contributed by atoms with Gasteiger partial charge in [0.25, 0.3) is 0 Å². The van der Waals surface area contributed by atoms with E-state index in [2.05, 4.69) is 10.3 Å². The summed E-state index contributed by atoms with van der Waals surface area (Å²) in [4.78, 5) is 20.4. The van der Waals surface area contributed by atoms with Crippen molar-refractivity contribution in [2.24, 2.45) is 5.16 Å². The van der Waals surface area contributed by atoms with Gasteiger partial charge in [0.15, 0.2) is 5.84 Å². The van der Waals surface area contributed by atoms with Crippen LogP contribution in [-0.4, -0.2) is 35.0 Å². The minimum atomic E-state index is -0.769. The average molecular weight is 513 g/mol. The first kappa shape index (κ1) is 22.9. The third kappa shape index (κ3) is 4.46. The highest BCUT2D eigenvalue weighted by Gasteiger charge is 2.28. The van der Waals surface area contributed by atoms with Gasteiger partial charge in [-0.15, -0.1) is 0 Å². The third-order valence-corrected chi connectivity index (χ3v) is 6.33. The van der Waals surface area contributed by atoms with E-state index in [1.165, 1.54) is 0 Å². The summed E-state index contributed by atoms with van der Waals surface area (Å²) in [5.74, 6) is -0.137. The quantitative estimate of drug-likeness (QED) is 0.165. The van der Waals surface area contributed by atoms with E-state index < -0.39 is 5.97 Å². The minimum absolute atomic E-state index is 0.0785. The molecule has 1 aliphatic rings. The van der Waals surface area contributed by atoms with Crippen LogP contribution in [-0.2, 0) is 4.84 Å². The monoisotopic (exact) mass is 511 g/mol. The molecule has 0 N–H and O–H groups in total. The Morgan fingerprint density at radius 2 is 1.53 bits per heavy atom. The van der Waals surface area contributed by atoms with Crippen LogP contribution in [0, 0.1) is 6.92 Å². The second-order valence-electron chi connectivity index (χ2n) is 7.14. The maximum absolute atomic E-state index is 13.1. The van der Waals surface area contributed by atoms with Crippen molar-refractivity contribution in [3.8, 4) is 11.3 Å². The smallest absolute Gasteiger partial charge is 0.360 e. The molecule has 0 amide bonds. The average Bonchev–Trinajstić information content (AvgIpc) is 3.40. The van der Waals surface area contributed by atoms with Crippen LogP contribution in [0.15, 0.2) is 46.1 Å². The van der Waals surface area contributed by atoms with Crippen molar-refractivity contribution >= 4 is 58.2 Å². The molecule has 0 atom stereocenters. The molecule has 2 heterocycles. The highest BCUT2D eigenvalue weighted by Crippen LogP contribution is 2.37. The maximum atomic E-state index is 13.1. The number of halogens is 4. The molecule has 10 heteroatoms. The number of hydrogen-bond acceptors (Lipinski definition) is 5. The SMILES string of the molecule is Cc1onc(-c2c(Cl)cccc2Cl)c1C(=O)ON=C(c1c(Cl)cccc1Cl)N1CCCC1. The number of nitrogens with zero attached hydrogens (tertiary/aromatic N) is 3. The van der Waals surface area contributed by atoms with Gasteiger partial charge in [-0.05, 0) is 44.0 Å². The van der Waals surface area contributed by atoms with Gasteiger partial charge in [0.2, 0.25) is 0 Å². The highest BCUT2D eigenvalue weighted by atomic mass is 35.5. The van der Waals surface area contributed by atoms with Gasteiger partial charge >= 0.3 is 5.97 Å². The van der Waals surface area contributed by atoms with Crippen LogP contribution < -0.4 is 0 Å². The zero-order chi connectivity index (χ0) is 22.8. The topological polar surface area (TPSA) is 67.9 Å². The Morgan fingerprint density at radius 3 is 2.12 bits per heavy atom. The van der Waals surface area contributed by atoms with Gasteiger partial charge in [0.05, 0.1) is 25.7 Å². The number of likely N-dealkylation sites (tertiary alicyclic amines) is 1. The molecule has 3 aromatic rings. The molecule has 0 aliphatic carbocycles. The van der Waals surface area contributed by atoms with Gasteiger partial charge in [-0.2, -0.15) is 0 Å². The predicted molar refractivity (Wildman–Crippen MR) is 126 cm³/mol. The van der Waals surface area contributed by atoms with Crippen molar-refractivity contribution in [2.45, 2.75) is 19.8 Å². The normalized spacial score (nSPS) is 14.2. The molecule has 0 radical (unpaired) electrons. The lowest BCUT2D eigenvalue weighted by Gasteiger charge is -2.21. The molecule has 0 unspecified atom stereocenters. The molecule has 6 nitrogen and oxygen atoms in total. The molecule has 1 saturated heterocycles. The van der Waals surface area contributed by atoms with E-state index in [1.807, 2.05) is 4.90 Å². The zero-order valence-corrected chi connectivity index (χ0v) is 19.9. The van der Waals surface area contributed by atoms with Crippen molar-refractivity contribution in [1.82, 2.24) is 10.1 Å². The Hall–Kier alpha value is -2.25. The lowest BCUT2D eigenvalue weighted by molar-refractivity contribution is 0.0510.